The van der Waals surface area contributed by atoms with Gasteiger partial charge in [-0.25, -0.2) is 26.7 Å². The largest absolute Gasteiger partial charge is 0.390 e. The molecule has 0 spiro atoms. The number of rotatable bonds is 9. The Morgan fingerprint density at radius 1 is 1.29 bits per heavy atom. The number of anilines is 1. The van der Waals surface area contributed by atoms with Crippen LogP contribution >= 0.6 is 0 Å². The number of hydrogen-bond acceptors (Lipinski definition) is 11. The van der Waals surface area contributed by atoms with E-state index >= 15 is 0 Å². The summed E-state index contributed by atoms with van der Waals surface area (Å²) in [5, 5.41) is 28.4. The van der Waals surface area contributed by atoms with Crippen LogP contribution in [0, 0.1) is 5.92 Å². The molecule has 1 fully saturated rings. The third kappa shape index (κ3) is 5.00. The number of nitrogens with one attached hydrogen (secondary N) is 2. The quantitative estimate of drug-likeness (QED) is 0.212. The highest BCUT2D eigenvalue weighted by molar-refractivity contribution is 7.92. The normalized spacial score (nSPS) is 18.5. The predicted octanol–water partition coefficient (Wildman–Crippen LogP) is -3.10. The van der Waals surface area contributed by atoms with Gasteiger partial charge in [0.15, 0.2) is 0 Å². The van der Waals surface area contributed by atoms with Gasteiger partial charge in [0.25, 0.3) is 0 Å². The zero-order valence-corrected chi connectivity index (χ0v) is 18.1. The van der Waals surface area contributed by atoms with Gasteiger partial charge in [0, 0.05) is 31.9 Å². The number of aromatic amines is 1. The average molecular weight is 476 g/mol. The highest BCUT2D eigenvalue weighted by Gasteiger charge is 2.34. The number of tetrazole rings is 1. The van der Waals surface area contributed by atoms with E-state index in [1.54, 1.807) is 0 Å². The third-order valence-corrected chi connectivity index (χ3v) is 7.57. The highest BCUT2D eigenvalue weighted by atomic mass is 32.2. The summed E-state index contributed by atoms with van der Waals surface area (Å²) in [5.41, 5.74) is 11.4. The maximum absolute atomic E-state index is 12.9. The molecular weight excluding hydrogens is 450 g/mol. The molecule has 172 valence electrons. The molecule has 1 aliphatic heterocycles. The summed E-state index contributed by atoms with van der Waals surface area (Å²) >= 11 is 0. The Labute approximate surface area is 179 Å². The second kappa shape index (κ2) is 9.11. The summed E-state index contributed by atoms with van der Waals surface area (Å²) in [4.78, 5) is 0.606. The average Bonchev–Trinajstić information content (AvgIpc) is 3.42. The van der Waals surface area contributed by atoms with Crippen LogP contribution in [0.15, 0.2) is 21.9 Å². The molecule has 2 atom stereocenters. The molecule has 0 bridgehead atoms. The van der Waals surface area contributed by atoms with E-state index in [2.05, 4.69) is 25.3 Å². The minimum absolute atomic E-state index is 0.0869. The predicted molar refractivity (Wildman–Crippen MR) is 111 cm³/mol. The van der Waals surface area contributed by atoms with E-state index in [0.717, 1.165) is 12.5 Å². The second-order valence-corrected chi connectivity index (χ2v) is 10.4. The van der Waals surface area contributed by atoms with Crippen molar-refractivity contribution in [2.24, 2.45) is 22.5 Å². The first-order valence-corrected chi connectivity index (χ1v) is 12.4. The molecular formula is C15H25N9O5S2. The van der Waals surface area contributed by atoms with Gasteiger partial charge in [-0.3, -0.25) is 0 Å². The Kier molecular flexibility index (Phi) is 6.89. The fourth-order valence-electron chi connectivity index (χ4n) is 3.41. The van der Waals surface area contributed by atoms with E-state index in [1.165, 1.54) is 6.07 Å². The number of sulfonamides is 2. The van der Waals surface area contributed by atoms with Gasteiger partial charge < -0.3 is 21.5 Å². The molecule has 1 unspecified atom stereocenters. The topological polar surface area (TPSA) is 236 Å². The van der Waals surface area contributed by atoms with Crippen LogP contribution in [0.3, 0.4) is 0 Å². The molecule has 3 rings (SSSR count). The summed E-state index contributed by atoms with van der Waals surface area (Å²) in [6, 6.07) is 2.61. The van der Waals surface area contributed by atoms with Crippen molar-refractivity contribution in [3.05, 3.63) is 12.1 Å². The van der Waals surface area contributed by atoms with Gasteiger partial charge in [0.1, 0.15) is 9.79 Å². The monoisotopic (exact) mass is 475 g/mol. The summed E-state index contributed by atoms with van der Waals surface area (Å²) < 4.78 is 53.1. The zero-order chi connectivity index (χ0) is 22.8. The molecule has 2 heterocycles. The van der Waals surface area contributed by atoms with Gasteiger partial charge in [0.05, 0.1) is 11.7 Å². The second-order valence-electron chi connectivity index (χ2n) is 7.15. The summed E-state index contributed by atoms with van der Waals surface area (Å²) in [7, 11) is -8.97. The molecule has 0 radical (unpaired) electrons. The molecule has 0 amide bonds. The smallest absolute Gasteiger partial charge is 0.242 e. The van der Waals surface area contributed by atoms with E-state index in [9.17, 15) is 21.9 Å². The zero-order valence-electron chi connectivity index (χ0n) is 16.5. The van der Waals surface area contributed by atoms with E-state index in [1.807, 2.05) is 4.90 Å². The van der Waals surface area contributed by atoms with Crippen molar-refractivity contribution < 1.29 is 21.9 Å². The van der Waals surface area contributed by atoms with Crippen molar-refractivity contribution in [2.45, 2.75) is 22.3 Å². The van der Waals surface area contributed by atoms with Crippen molar-refractivity contribution in [1.82, 2.24) is 25.3 Å². The minimum Gasteiger partial charge on any atom is -0.390 e. The first kappa shape index (κ1) is 23.5. The number of aliphatic hydroxyl groups is 1. The molecule has 1 aromatic carbocycles. The fourth-order valence-corrected chi connectivity index (χ4v) is 6.07. The van der Waals surface area contributed by atoms with Crippen LogP contribution in [0.1, 0.15) is 6.42 Å². The maximum Gasteiger partial charge on any atom is 0.242 e. The Morgan fingerprint density at radius 2 is 2.03 bits per heavy atom. The maximum atomic E-state index is 12.9. The van der Waals surface area contributed by atoms with Crippen LogP contribution in [0.4, 0.5) is 5.69 Å². The number of hydrogen-bond donors (Lipinski definition) is 6. The fraction of sp³-hybridized carbons (Fsp3) is 0.533. The molecule has 9 N–H and O–H groups in total. The van der Waals surface area contributed by atoms with Crippen LogP contribution < -0.4 is 26.2 Å². The number of aromatic nitrogens is 4. The molecule has 16 heteroatoms. The molecule has 0 aliphatic carbocycles. The van der Waals surface area contributed by atoms with Crippen LogP contribution in [0.2, 0.25) is 0 Å². The SMILES string of the molecule is NCC(O)CNS(=O)(=O)c1ccc(N2CC[C@H](CN)C2)c(-c2nn[nH]n2)c1S(N)(=O)=O. The van der Waals surface area contributed by atoms with Gasteiger partial charge in [-0.05, 0) is 36.2 Å². The molecule has 31 heavy (non-hydrogen) atoms. The lowest BCUT2D eigenvalue weighted by atomic mass is 10.1. The van der Waals surface area contributed by atoms with Crippen LogP contribution in [-0.2, 0) is 20.0 Å². The Hall–Kier alpha value is -2.21. The van der Waals surface area contributed by atoms with Crippen LogP contribution in [0.25, 0.3) is 11.4 Å². The third-order valence-electron chi connectivity index (χ3n) is 4.98. The number of nitrogens with zero attached hydrogens (tertiary/aromatic N) is 4. The summed E-state index contributed by atoms with van der Waals surface area (Å²) in [6.45, 7) is 0.972. The Morgan fingerprint density at radius 3 is 2.58 bits per heavy atom. The number of primary sulfonamides is 1. The minimum atomic E-state index is -4.57. The molecule has 0 saturated carbocycles. The Bertz CT molecular complexity index is 1120. The van der Waals surface area contributed by atoms with E-state index in [4.69, 9.17) is 16.6 Å². The van der Waals surface area contributed by atoms with E-state index < -0.39 is 42.5 Å². The van der Waals surface area contributed by atoms with Crippen molar-refractivity contribution >= 4 is 25.7 Å². The standard InChI is InChI=1S/C15H25N9O5S2/c16-5-9-3-4-24(8-9)11-1-2-12(31(28,29)19-7-10(25)6-17)14(30(18,26)27)13(11)15-20-22-23-21-15/h1-2,9-10,19,25H,3-8,16-17H2,(H2,18,26,27)(H,20,21,22,23)/t9-,10?/m1/s1. The van der Waals surface area contributed by atoms with Crippen molar-refractivity contribution in [2.75, 3.05) is 37.6 Å². The van der Waals surface area contributed by atoms with Crippen LogP contribution in [-0.4, -0.2) is 81.4 Å². The number of aliphatic hydroxyl groups excluding tert-OH is 1. The molecule has 1 aromatic heterocycles. The summed E-state index contributed by atoms with van der Waals surface area (Å²) in [6.07, 6.45) is -0.368. The summed E-state index contributed by atoms with van der Waals surface area (Å²) in [5.74, 6) is 0.0631. The van der Waals surface area contributed by atoms with Gasteiger partial charge in [0.2, 0.25) is 25.9 Å². The first-order chi connectivity index (χ1) is 14.6. The number of benzene rings is 1. The van der Waals surface area contributed by atoms with E-state index in [0.29, 0.717) is 25.3 Å². The molecule has 14 nitrogen and oxygen atoms in total. The first-order valence-electron chi connectivity index (χ1n) is 9.35. The number of nitrogens with two attached hydrogens (primary N) is 3. The Balaban J connectivity index is 2.22. The molecule has 1 aliphatic rings. The van der Waals surface area contributed by atoms with Gasteiger partial charge in [-0.1, -0.05) is 0 Å². The van der Waals surface area contributed by atoms with Gasteiger partial charge >= 0.3 is 0 Å². The van der Waals surface area contributed by atoms with Gasteiger partial charge in [-0.15, -0.1) is 10.2 Å². The molecule has 2 aromatic rings. The molecule has 1 saturated heterocycles. The lowest BCUT2D eigenvalue weighted by Gasteiger charge is -2.24. The van der Waals surface area contributed by atoms with E-state index in [-0.39, 0.29) is 23.9 Å². The highest BCUT2D eigenvalue weighted by Crippen LogP contribution is 2.39. The van der Waals surface area contributed by atoms with Crippen molar-refractivity contribution in [1.29, 1.82) is 0 Å². The lowest BCUT2D eigenvalue weighted by molar-refractivity contribution is 0.186. The number of H-pyrrole nitrogens is 1. The van der Waals surface area contributed by atoms with Crippen LogP contribution in [0.5, 0.6) is 0 Å². The lowest BCUT2D eigenvalue weighted by Crippen LogP contribution is -2.37. The van der Waals surface area contributed by atoms with Crippen molar-refractivity contribution in [3.8, 4) is 11.4 Å². The van der Waals surface area contributed by atoms with Crippen molar-refractivity contribution in [3.63, 3.8) is 0 Å². The van der Waals surface area contributed by atoms with Gasteiger partial charge in [-0.2, -0.15) is 5.21 Å².